The quantitative estimate of drug-likeness (QED) is 0.0547. The molecule has 0 amide bonds. The highest BCUT2D eigenvalue weighted by molar-refractivity contribution is 6.33. The highest BCUT2D eigenvalue weighted by atomic mass is 16.5. The molecule has 0 spiro atoms. The van der Waals surface area contributed by atoms with E-state index in [2.05, 4.69) is 171 Å². The lowest BCUT2D eigenvalue weighted by Crippen LogP contribution is -2.13. The van der Waals surface area contributed by atoms with Gasteiger partial charge in [0.05, 0.1) is 0 Å². The van der Waals surface area contributed by atoms with Crippen molar-refractivity contribution in [3.63, 3.8) is 0 Å². The van der Waals surface area contributed by atoms with Gasteiger partial charge in [-0.3, -0.25) is 9.59 Å². The van der Waals surface area contributed by atoms with E-state index in [1.54, 1.807) is 0 Å². The van der Waals surface area contributed by atoms with Gasteiger partial charge in [-0.05, 0) is 102 Å². The molecule has 8 aromatic carbocycles. The van der Waals surface area contributed by atoms with Crippen LogP contribution in [0.25, 0.3) is 76.8 Å². The first-order valence-electron chi connectivity index (χ1n) is 19.4. The molecule has 0 N–H and O–H groups in total. The highest BCUT2D eigenvalue weighted by Gasteiger charge is 2.26. The second kappa shape index (κ2) is 16.0. The molecule has 8 rings (SSSR count). The van der Waals surface area contributed by atoms with E-state index in [4.69, 9.17) is 4.74 Å². The van der Waals surface area contributed by atoms with Crippen molar-refractivity contribution in [2.45, 2.75) is 52.1 Å². The first-order chi connectivity index (χ1) is 27.0. The predicted octanol–water partition coefficient (Wildman–Crippen LogP) is 14.0. The van der Waals surface area contributed by atoms with Crippen LogP contribution in [0, 0.1) is 0 Å². The first-order valence-corrected chi connectivity index (χ1v) is 19.4. The largest absolute Gasteiger partial charge is 0.457 e. The van der Waals surface area contributed by atoms with E-state index in [1.165, 1.54) is 32.7 Å². The number of unbranched alkanes of at least 4 members (excludes halogenated alkanes) is 2. The molecule has 0 aliphatic carbocycles. The maximum atomic E-state index is 13.1. The maximum Gasteiger partial charge on any atom is 0.313 e. The molecule has 0 radical (unpaired) electrons. The Bertz CT molecular complexity index is 2630. The molecule has 8 aromatic rings. The van der Waals surface area contributed by atoms with Gasteiger partial charge in [0.1, 0.15) is 18.3 Å². The van der Waals surface area contributed by atoms with Gasteiger partial charge in [-0.15, -0.1) is 0 Å². The molecule has 0 fully saturated rings. The Kier molecular flexibility index (Phi) is 10.4. The summed E-state index contributed by atoms with van der Waals surface area (Å²) in [4.78, 5) is 25.7. The number of ketones is 1. The smallest absolute Gasteiger partial charge is 0.313 e. The van der Waals surface area contributed by atoms with Gasteiger partial charge in [0.15, 0.2) is 0 Å². The summed E-state index contributed by atoms with van der Waals surface area (Å²) in [6.45, 7) is 4.00. The third-order valence-corrected chi connectivity index (χ3v) is 10.7. The number of fused-ring (bicyclic) bond motifs is 3. The SMILES string of the molecule is CCCCCC(=O)CC(=O)OC(C)c1ccc2c(-c3ccccc3)c3c(-c4ccccc4)c4ccccc4c(-c4ccccc4)c3c(-c3ccccc3)c2c1. The molecule has 3 nitrogen and oxygen atoms in total. The highest BCUT2D eigenvalue weighted by Crippen LogP contribution is 2.53. The average Bonchev–Trinajstić information content (AvgIpc) is 3.23. The van der Waals surface area contributed by atoms with E-state index in [-0.39, 0.29) is 12.2 Å². The Morgan fingerprint density at radius 1 is 0.491 bits per heavy atom. The minimum atomic E-state index is -0.551. The van der Waals surface area contributed by atoms with Crippen LogP contribution in [-0.2, 0) is 14.3 Å². The summed E-state index contributed by atoms with van der Waals surface area (Å²) in [7, 11) is 0. The average molecular weight is 717 g/mol. The fourth-order valence-electron chi connectivity index (χ4n) is 8.19. The minimum Gasteiger partial charge on any atom is -0.457 e. The number of Topliss-reactive ketones (excluding diaryl/α,β-unsaturated/α-hetero) is 1. The van der Waals surface area contributed by atoms with Gasteiger partial charge in [0.2, 0.25) is 0 Å². The molecule has 0 aromatic heterocycles. The van der Waals surface area contributed by atoms with Crippen LogP contribution in [0.5, 0.6) is 0 Å². The normalized spacial score (nSPS) is 11.9. The number of hydrogen-bond acceptors (Lipinski definition) is 3. The van der Waals surface area contributed by atoms with Crippen molar-refractivity contribution in [3.8, 4) is 44.5 Å². The van der Waals surface area contributed by atoms with E-state index < -0.39 is 12.1 Å². The van der Waals surface area contributed by atoms with Gasteiger partial charge in [-0.1, -0.05) is 177 Å². The molecule has 0 heterocycles. The van der Waals surface area contributed by atoms with E-state index in [9.17, 15) is 9.59 Å². The maximum absolute atomic E-state index is 13.1. The topological polar surface area (TPSA) is 43.4 Å². The first kappa shape index (κ1) is 35.7. The standard InChI is InChI=1S/C52H44O3/c1-3-4-9-28-41(53)34-46(54)55-35(2)40-31-32-44-45(33-40)50(39-26-16-8-17-27-39)52-48(37-22-12-6-13-23-37)43-30-19-18-29-42(43)47(36-20-10-5-11-21-36)51(52)49(44)38-24-14-7-15-25-38/h5-8,10-27,29-33,35H,3-4,9,28,34H2,1-2H3. The lowest BCUT2D eigenvalue weighted by molar-refractivity contribution is -0.150. The van der Waals surface area contributed by atoms with Crippen molar-refractivity contribution >= 4 is 44.1 Å². The minimum absolute atomic E-state index is 0.0654. The summed E-state index contributed by atoms with van der Waals surface area (Å²) in [6, 6.07) is 58.1. The number of esters is 1. The van der Waals surface area contributed by atoms with Gasteiger partial charge in [-0.2, -0.15) is 0 Å². The Balaban J connectivity index is 1.50. The summed E-state index contributed by atoms with van der Waals surface area (Å²) >= 11 is 0. The molecular formula is C52H44O3. The van der Waals surface area contributed by atoms with Gasteiger partial charge in [0.25, 0.3) is 0 Å². The number of carbonyl (C=O) groups is 2. The lowest BCUT2D eigenvalue weighted by atomic mass is 9.77. The predicted molar refractivity (Wildman–Crippen MR) is 229 cm³/mol. The van der Waals surface area contributed by atoms with Crippen molar-refractivity contribution in [3.05, 3.63) is 169 Å². The number of ether oxygens (including phenoxy) is 1. The summed E-state index contributed by atoms with van der Waals surface area (Å²) in [5, 5.41) is 6.91. The summed E-state index contributed by atoms with van der Waals surface area (Å²) in [5.41, 5.74) is 10.0. The van der Waals surface area contributed by atoms with Crippen LogP contribution in [0.3, 0.4) is 0 Å². The molecule has 3 heteroatoms. The van der Waals surface area contributed by atoms with Gasteiger partial charge in [0, 0.05) is 6.42 Å². The van der Waals surface area contributed by atoms with Crippen LogP contribution >= 0.6 is 0 Å². The summed E-state index contributed by atoms with van der Waals surface area (Å²) in [6.07, 6.45) is 2.47. The van der Waals surface area contributed by atoms with E-state index in [0.29, 0.717) is 6.42 Å². The molecule has 1 atom stereocenters. The third-order valence-electron chi connectivity index (χ3n) is 10.7. The fourth-order valence-corrected chi connectivity index (χ4v) is 8.19. The third kappa shape index (κ3) is 7.06. The van der Waals surface area contributed by atoms with Crippen molar-refractivity contribution in [2.24, 2.45) is 0 Å². The molecule has 0 aliphatic rings. The Morgan fingerprint density at radius 3 is 1.33 bits per heavy atom. The van der Waals surface area contributed by atoms with Gasteiger partial charge >= 0.3 is 5.97 Å². The van der Waals surface area contributed by atoms with Crippen molar-refractivity contribution < 1.29 is 14.3 Å². The van der Waals surface area contributed by atoms with Crippen LogP contribution in [0.2, 0.25) is 0 Å². The number of rotatable bonds is 12. The molecule has 55 heavy (non-hydrogen) atoms. The Hall–Kier alpha value is -6.32. The van der Waals surface area contributed by atoms with Crippen LogP contribution in [-0.4, -0.2) is 11.8 Å². The van der Waals surface area contributed by atoms with Crippen LogP contribution < -0.4 is 0 Å². The van der Waals surface area contributed by atoms with Crippen molar-refractivity contribution in [1.29, 1.82) is 0 Å². The van der Waals surface area contributed by atoms with E-state index in [1.807, 2.05) is 6.92 Å². The second-order valence-electron chi connectivity index (χ2n) is 14.4. The summed E-state index contributed by atoms with van der Waals surface area (Å²) in [5.74, 6) is -0.546. The zero-order valence-electron chi connectivity index (χ0n) is 31.4. The molecule has 1 unspecified atom stereocenters. The monoisotopic (exact) mass is 716 g/mol. The Morgan fingerprint density at radius 2 is 0.891 bits per heavy atom. The second-order valence-corrected chi connectivity index (χ2v) is 14.4. The number of benzene rings is 8. The van der Waals surface area contributed by atoms with Crippen LogP contribution in [0.15, 0.2) is 164 Å². The summed E-state index contributed by atoms with van der Waals surface area (Å²) < 4.78 is 5.98. The zero-order chi connectivity index (χ0) is 37.7. The molecule has 0 bridgehead atoms. The number of hydrogen-bond donors (Lipinski definition) is 0. The van der Waals surface area contributed by atoms with Crippen molar-refractivity contribution in [1.82, 2.24) is 0 Å². The van der Waals surface area contributed by atoms with E-state index >= 15 is 0 Å². The van der Waals surface area contributed by atoms with Gasteiger partial charge < -0.3 is 4.74 Å². The number of carbonyl (C=O) groups excluding carboxylic acids is 2. The van der Waals surface area contributed by atoms with Crippen molar-refractivity contribution in [2.75, 3.05) is 0 Å². The molecule has 0 aliphatic heterocycles. The van der Waals surface area contributed by atoms with E-state index in [0.717, 1.165) is 69.0 Å². The van der Waals surface area contributed by atoms with Crippen LogP contribution in [0.4, 0.5) is 0 Å². The molecular weight excluding hydrogens is 673 g/mol. The molecule has 0 saturated heterocycles. The lowest BCUT2D eigenvalue weighted by Gasteiger charge is -2.26. The van der Waals surface area contributed by atoms with Crippen LogP contribution in [0.1, 0.15) is 57.6 Å². The Labute approximate surface area is 323 Å². The fraction of sp³-hybridized carbons (Fsp3) is 0.154. The molecule has 270 valence electrons. The van der Waals surface area contributed by atoms with Gasteiger partial charge in [-0.25, -0.2) is 0 Å². The molecule has 0 saturated carbocycles. The zero-order valence-corrected chi connectivity index (χ0v) is 31.4.